The van der Waals surface area contributed by atoms with E-state index in [-0.39, 0.29) is 24.3 Å². The van der Waals surface area contributed by atoms with Crippen LogP contribution in [0, 0.1) is 13.0 Å². The summed E-state index contributed by atoms with van der Waals surface area (Å²) in [7, 11) is 0. The Kier molecular flexibility index (Phi) is 10.1. The van der Waals surface area contributed by atoms with Gasteiger partial charge < -0.3 is 9.47 Å². The van der Waals surface area contributed by atoms with Gasteiger partial charge in [-0.2, -0.15) is 0 Å². The van der Waals surface area contributed by atoms with Crippen LogP contribution in [-0.2, 0) is 16.1 Å². The highest BCUT2D eigenvalue weighted by atomic mass is 127. The second kappa shape index (κ2) is 14.2. The summed E-state index contributed by atoms with van der Waals surface area (Å²) in [5, 5.41) is 0.602. The maximum absolute atomic E-state index is 14.3. The molecule has 232 valence electrons. The van der Waals surface area contributed by atoms with Crippen molar-refractivity contribution in [3.05, 3.63) is 156 Å². The number of fused-ring (bicyclic) bond motifs is 1. The molecule has 0 saturated carbocycles. The fourth-order valence-electron chi connectivity index (χ4n) is 5.15. The number of hydrogen-bond acceptors (Lipinski definition) is 6. The van der Waals surface area contributed by atoms with E-state index in [0.29, 0.717) is 42.5 Å². The van der Waals surface area contributed by atoms with E-state index in [2.05, 4.69) is 45.2 Å². The van der Waals surface area contributed by atoms with E-state index < -0.39 is 17.8 Å². The van der Waals surface area contributed by atoms with E-state index in [4.69, 9.17) is 26.1 Å². The average Bonchev–Trinajstić information content (AvgIpc) is 3.35. The highest BCUT2D eigenvalue weighted by molar-refractivity contribution is 14.1. The Morgan fingerprint density at radius 2 is 1.76 bits per heavy atom. The monoisotopic (exact) mass is 876 g/mol. The number of carbonyl (C=O) groups is 1. The summed E-state index contributed by atoms with van der Waals surface area (Å²) in [6.45, 7) is 2.09. The number of ether oxygens (including phenoxy) is 2. The maximum atomic E-state index is 14.3. The van der Waals surface area contributed by atoms with Gasteiger partial charge in [-0.1, -0.05) is 83.6 Å². The van der Waals surface area contributed by atoms with Crippen LogP contribution < -0.4 is 19.6 Å². The number of hydrogen-bond donors (Lipinski definition) is 0. The number of benzene rings is 4. The molecule has 0 saturated heterocycles. The molecule has 0 fully saturated rings. The SMILES string of the molecule is CCOC(=O)C1=C(c2ccccc2)N=c2s/c(=C\c3cc(I)cc(I)c3OCc3ccccc3Cl)c(=O)n2[C@@H]1c1ccc(F)cc1. The lowest BCUT2D eigenvalue weighted by Gasteiger charge is -2.25. The van der Waals surface area contributed by atoms with Crippen molar-refractivity contribution in [3.8, 4) is 5.75 Å². The van der Waals surface area contributed by atoms with Gasteiger partial charge in [-0.15, -0.1) is 0 Å². The quantitative estimate of drug-likeness (QED) is 0.120. The molecule has 1 aliphatic rings. The first-order chi connectivity index (χ1) is 22.2. The molecule has 6 rings (SSSR count). The Balaban J connectivity index is 1.56. The third kappa shape index (κ3) is 6.71. The number of carbonyl (C=O) groups excluding carboxylic acids is 1. The van der Waals surface area contributed by atoms with Crippen molar-refractivity contribution in [3.63, 3.8) is 0 Å². The first kappa shape index (κ1) is 32.6. The van der Waals surface area contributed by atoms with Crippen molar-refractivity contribution in [1.29, 1.82) is 0 Å². The number of rotatable bonds is 8. The van der Waals surface area contributed by atoms with E-state index in [1.54, 1.807) is 25.1 Å². The predicted octanol–water partition coefficient (Wildman–Crippen LogP) is 7.52. The summed E-state index contributed by atoms with van der Waals surface area (Å²) in [6.07, 6.45) is 1.79. The summed E-state index contributed by atoms with van der Waals surface area (Å²) in [5.74, 6) is -0.422. The minimum atomic E-state index is -0.903. The molecule has 46 heavy (non-hydrogen) atoms. The average molecular weight is 877 g/mol. The summed E-state index contributed by atoms with van der Waals surface area (Å²) >= 11 is 12.0. The van der Waals surface area contributed by atoms with E-state index in [9.17, 15) is 14.0 Å². The second-order valence-electron chi connectivity index (χ2n) is 10.2. The minimum absolute atomic E-state index is 0.132. The Bertz CT molecular complexity index is 2170. The fraction of sp³-hybridized carbons (Fsp3) is 0.114. The molecule has 1 aliphatic heterocycles. The van der Waals surface area contributed by atoms with E-state index >= 15 is 0 Å². The van der Waals surface area contributed by atoms with Crippen LogP contribution >= 0.6 is 68.1 Å². The van der Waals surface area contributed by atoms with Crippen LogP contribution in [-0.4, -0.2) is 17.1 Å². The molecule has 4 aromatic carbocycles. The smallest absolute Gasteiger partial charge is 0.338 e. The zero-order chi connectivity index (χ0) is 32.4. The number of esters is 1. The first-order valence-corrected chi connectivity index (χ1v) is 17.5. The molecule has 0 bridgehead atoms. The van der Waals surface area contributed by atoms with E-state index in [0.717, 1.165) is 12.7 Å². The van der Waals surface area contributed by atoms with Gasteiger partial charge in [-0.25, -0.2) is 14.2 Å². The largest absolute Gasteiger partial charge is 0.487 e. The van der Waals surface area contributed by atoms with Crippen LogP contribution in [0.25, 0.3) is 11.8 Å². The van der Waals surface area contributed by atoms with Crippen LogP contribution in [0.3, 0.4) is 0 Å². The zero-order valence-electron chi connectivity index (χ0n) is 24.2. The van der Waals surface area contributed by atoms with Gasteiger partial charge in [-0.3, -0.25) is 9.36 Å². The molecule has 11 heteroatoms. The molecule has 1 aromatic heterocycles. The second-order valence-corrected chi connectivity index (χ2v) is 14.0. The Hall–Kier alpha value is -3.33. The van der Waals surface area contributed by atoms with Crippen LogP contribution in [0.2, 0.25) is 5.02 Å². The molecule has 0 radical (unpaired) electrons. The van der Waals surface area contributed by atoms with E-state index in [1.807, 2.05) is 66.7 Å². The summed E-state index contributed by atoms with van der Waals surface area (Å²) < 4.78 is 29.6. The van der Waals surface area contributed by atoms with Crippen LogP contribution in [0.1, 0.15) is 35.2 Å². The van der Waals surface area contributed by atoms with E-state index in [1.165, 1.54) is 28.0 Å². The fourth-order valence-corrected chi connectivity index (χ4v) is 8.37. The zero-order valence-corrected chi connectivity index (χ0v) is 30.1. The first-order valence-electron chi connectivity index (χ1n) is 14.1. The van der Waals surface area contributed by atoms with Crippen molar-refractivity contribution in [2.75, 3.05) is 6.61 Å². The maximum Gasteiger partial charge on any atom is 0.338 e. The molecular formula is C35H24ClFI2N2O4S. The lowest BCUT2D eigenvalue weighted by molar-refractivity contribution is -0.138. The van der Waals surface area contributed by atoms with Gasteiger partial charge in [-0.05, 0) is 94.1 Å². The standard InChI is InChI=1S/C35H24ClFI2N2O4S/c1-2-44-34(43)29-30(20-8-4-3-5-9-20)40-35-41(31(29)21-12-14-24(37)15-13-21)33(42)28(46-35)17-23-16-25(38)18-27(39)32(23)45-19-22-10-6-7-11-26(22)36/h3-18,31H,2,19H2,1H3/b28-17-/t31-/m1/s1. The van der Waals surface area contributed by atoms with Gasteiger partial charge in [0.15, 0.2) is 4.80 Å². The summed E-state index contributed by atoms with van der Waals surface area (Å²) in [4.78, 5) is 33.2. The Labute approximate surface area is 300 Å². The normalized spacial score (nSPS) is 14.5. The lowest BCUT2D eigenvalue weighted by Crippen LogP contribution is -2.40. The van der Waals surface area contributed by atoms with Crippen LogP contribution in [0.5, 0.6) is 5.75 Å². The molecule has 0 unspecified atom stereocenters. The van der Waals surface area contributed by atoms with Gasteiger partial charge in [0.05, 0.1) is 32.0 Å². The number of thiazole rings is 1. The van der Waals surface area contributed by atoms with Gasteiger partial charge in [0, 0.05) is 25.3 Å². The molecular weight excluding hydrogens is 853 g/mol. The molecule has 1 atom stereocenters. The molecule has 6 nitrogen and oxygen atoms in total. The molecule has 0 aliphatic carbocycles. The Morgan fingerprint density at radius 3 is 2.48 bits per heavy atom. The number of nitrogens with zero attached hydrogens (tertiary/aromatic N) is 2. The summed E-state index contributed by atoms with van der Waals surface area (Å²) in [6, 6.07) is 25.6. The third-order valence-electron chi connectivity index (χ3n) is 7.21. The van der Waals surface area contributed by atoms with Gasteiger partial charge in [0.2, 0.25) is 0 Å². The molecule has 0 amide bonds. The van der Waals surface area contributed by atoms with Crippen molar-refractivity contribution < 1.29 is 18.7 Å². The van der Waals surface area contributed by atoms with Crippen molar-refractivity contribution in [2.45, 2.75) is 19.6 Å². The highest BCUT2D eigenvalue weighted by Crippen LogP contribution is 2.35. The van der Waals surface area contributed by atoms with Gasteiger partial charge >= 0.3 is 5.97 Å². The molecule has 5 aromatic rings. The van der Waals surface area contributed by atoms with Crippen LogP contribution in [0.15, 0.2) is 106 Å². The predicted molar refractivity (Wildman–Crippen MR) is 195 cm³/mol. The number of halogens is 4. The third-order valence-corrected chi connectivity index (χ3v) is 9.99. The van der Waals surface area contributed by atoms with Crippen molar-refractivity contribution >= 4 is 85.9 Å². The number of aromatic nitrogens is 1. The van der Waals surface area contributed by atoms with Crippen molar-refractivity contribution in [2.24, 2.45) is 4.99 Å². The highest BCUT2D eigenvalue weighted by Gasteiger charge is 2.35. The Morgan fingerprint density at radius 1 is 1.04 bits per heavy atom. The summed E-state index contributed by atoms with van der Waals surface area (Å²) in [5.41, 5.74) is 3.03. The topological polar surface area (TPSA) is 69.9 Å². The van der Waals surface area contributed by atoms with Gasteiger partial charge in [0.1, 0.15) is 18.2 Å². The molecule has 0 N–H and O–H groups in total. The van der Waals surface area contributed by atoms with Gasteiger partial charge in [0.25, 0.3) is 5.56 Å². The molecule has 2 heterocycles. The molecule has 0 spiro atoms. The van der Waals surface area contributed by atoms with Crippen molar-refractivity contribution in [1.82, 2.24) is 4.57 Å². The lowest BCUT2D eigenvalue weighted by atomic mass is 9.93. The minimum Gasteiger partial charge on any atom is -0.487 e. The van der Waals surface area contributed by atoms with Crippen LogP contribution in [0.4, 0.5) is 4.39 Å².